The maximum absolute atomic E-state index is 12.8. The number of likely N-dealkylation sites (tertiary alicyclic amines) is 1. The summed E-state index contributed by atoms with van der Waals surface area (Å²) in [5.74, 6) is 0.942. The Bertz CT molecular complexity index is 629. The highest BCUT2D eigenvalue weighted by molar-refractivity contribution is 5.81. The van der Waals surface area contributed by atoms with Gasteiger partial charge in [-0.05, 0) is 19.3 Å². The molecule has 2 saturated heterocycles. The molecule has 0 radical (unpaired) electrons. The SMILES string of the molecule is CCc1cc(N2CCN(C(=O)[C@H]3CCCN(C(N)=O)C3)CC2)ncn1. The van der Waals surface area contributed by atoms with Gasteiger partial charge in [0.15, 0.2) is 0 Å². The van der Waals surface area contributed by atoms with Gasteiger partial charge in [-0.1, -0.05) is 6.92 Å². The van der Waals surface area contributed by atoms with E-state index in [0.29, 0.717) is 26.2 Å². The topological polar surface area (TPSA) is 95.7 Å². The summed E-state index contributed by atoms with van der Waals surface area (Å²) in [7, 11) is 0. The van der Waals surface area contributed by atoms with Crippen LogP contribution in [0.2, 0.25) is 0 Å². The lowest BCUT2D eigenvalue weighted by Gasteiger charge is -2.39. The average molecular weight is 346 g/mol. The summed E-state index contributed by atoms with van der Waals surface area (Å²) in [5, 5.41) is 0. The van der Waals surface area contributed by atoms with Crippen molar-refractivity contribution in [2.24, 2.45) is 11.7 Å². The second-order valence-corrected chi connectivity index (χ2v) is 6.66. The molecule has 8 nitrogen and oxygen atoms in total. The van der Waals surface area contributed by atoms with Crippen LogP contribution in [0.4, 0.5) is 10.6 Å². The zero-order chi connectivity index (χ0) is 17.8. The fourth-order valence-corrected chi connectivity index (χ4v) is 3.55. The first kappa shape index (κ1) is 17.4. The first-order valence-corrected chi connectivity index (χ1v) is 8.97. The number of rotatable bonds is 3. The van der Waals surface area contributed by atoms with E-state index < -0.39 is 6.03 Å². The first-order valence-electron chi connectivity index (χ1n) is 8.97. The second kappa shape index (κ2) is 7.67. The molecule has 8 heteroatoms. The maximum atomic E-state index is 12.8. The lowest BCUT2D eigenvalue weighted by atomic mass is 9.96. The van der Waals surface area contributed by atoms with Crippen LogP contribution in [0.15, 0.2) is 12.4 Å². The van der Waals surface area contributed by atoms with Gasteiger partial charge in [0.25, 0.3) is 0 Å². The molecule has 1 aromatic rings. The van der Waals surface area contributed by atoms with Crippen LogP contribution in [0.5, 0.6) is 0 Å². The molecule has 3 heterocycles. The molecule has 3 rings (SSSR count). The Balaban J connectivity index is 1.56. The summed E-state index contributed by atoms with van der Waals surface area (Å²) < 4.78 is 0. The Morgan fingerprint density at radius 2 is 1.92 bits per heavy atom. The summed E-state index contributed by atoms with van der Waals surface area (Å²) in [6.45, 7) is 6.05. The van der Waals surface area contributed by atoms with Gasteiger partial charge in [0.2, 0.25) is 5.91 Å². The highest BCUT2D eigenvalue weighted by atomic mass is 16.2. The van der Waals surface area contributed by atoms with Crippen molar-refractivity contribution < 1.29 is 9.59 Å². The Morgan fingerprint density at radius 1 is 1.16 bits per heavy atom. The van der Waals surface area contributed by atoms with E-state index >= 15 is 0 Å². The number of piperazine rings is 1. The lowest BCUT2D eigenvalue weighted by molar-refractivity contribution is -0.137. The highest BCUT2D eigenvalue weighted by Gasteiger charge is 2.32. The number of amides is 3. The van der Waals surface area contributed by atoms with Gasteiger partial charge >= 0.3 is 6.03 Å². The summed E-state index contributed by atoms with van der Waals surface area (Å²) in [4.78, 5) is 38.4. The van der Waals surface area contributed by atoms with Crippen LogP contribution in [-0.4, -0.2) is 71.0 Å². The fraction of sp³-hybridized carbons (Fsp3) is 0.647. The third-order valence-corrected chi connectivity index (χ3v) is 5.07. The van der Waals surface area contributed by atoms with Crippen molar-refractivity contribution in [3.8, 4) is 0 Å². The third-order valence-electron chi connectivity index (χ3n) is 5.07. The standard InChI is InChI=1S/C17H26N6O2/c1-2-14-10-15(20-12-19-14)21-6-8-22(9-7-21)16(24)13-4-3-5-23(11-13)17(18)25/h10,12-13H,2-9,11H2,1H3,(H2,18,25)/t13-/m0/s1. The van der Waals surface area contributed by atoms with Crippen LogP contribution in [0.3, 0.4) is 0 Å². The van der Waals surface area contributed by atoms with Crippen LogP contribution in [0.25, 0.3) is 0 Å². The normalized spacial score (nSPS) is 21.3. The summed E-state index contributed by atoms with van der Waals surface area (Å²) in [6.07, 6.45) is 4.15. The van der Waals surface area contributed by atoms with Gasteiger partial charge in [-0.25, -0.2) is 14.8 Å². The van der Waals surface area contributed by atoms with Crippen molar-refractivity contribution in [1.82, 2.24) is 19.8 Å². The Morgan fingerprint density at radius 3 is 2.60 bits per heavy atom. The van der Waals surface area contributed by atoms with Crippen molar-refractivity contribution in [2.45, 2.75) is 26.2 Å². The van der Waals surface area contributed by atoms with E-state index in [-0.39, 0.29) is 11.8 Å². The van der Waals surface area contributed by atoms with Gasteiger partial charge in [-0.3, -0.25) is 4.79 Å². The number of hydrogen-bond acceptors (Lipinski definition) is 5. The fourth-order valence-electron chi connectivity index (χ4n) is 3.55. The summed E-state index contributed by atoms with van der Waals surface area (Å²) >= 11 is 0. The molecule has 1 aromatic heterocycles. The quantitative estimate of drug-likeness (QED) is 0.859. The van der Waals surface area contributed by atoms with Crippen LogP contribution in [-0.2, 0) is 11.2 Å². The van der Waals surface area contributed by atoms with Crippen molar-refractivity contribution in [2.75, 3.05) is 44.2 Å². The van der Waals surface area contributed by atoms with E-state index in [0.717, 1.165) is 43.9 Å². The molecule has 3 amide bonds. The maximum Gasteiger partial charge on any atom is 0.314 e. The molecule has 0 aliphatic carbocycles. The number of carbonyl (C=O) groups excluding carboxylic acids is 2. The molecule has 2 fully saturated rings. The van der Waals surface area contributed by atoms with E-state index in [4.69, 9.17) is 5.73 Å². The number of anilines is 1. The van der Waals surface area contributed by atoms with Crippen molar-refractivity contribution in [1.29, 1.82) is 0 Å². The minimum atomic E-state index is -0.433. The Hall–Kier alpha value is -2.38. The smallest absolute Gasteiger partial charge is 0.314 e. The van der Waals surface area contributed by atoms with E-state index in [2.05, 4.69) is 21.8 Å². The molecule has 0 bridgehead atoms. The number of nitrogens with two attached hydrogens (primary N) is 1. The van der Waals surface area contributed by atoms with Gasteiger partial charge in [-0.15, -0.1) is 0 Å². The highest BCUT2D eigenvalue weighted by Crippen LogP contribution is 2.21. The van der Waals surface area contributed by atoms with Gasteiger partial charge in [0, 0.05) is 51.0 Å². The van der Waals surface area contributed by atoms with E-state index in [1.54, 1.807) is 11.2 Å². The Labute approximate surface area is 148 Å². The largest absolute Gasteiger partial charge is 0.353 e. The number of primary amides is 1. The Kier molecular flexibility index (Phi) is 5.35. The minimum Gasteiger partial charge on any atom is -0.353 e. The van der Waals surface area contributed by atoms with Crippen LogP contribution >= 0.6 is 0 Å². The predicted molar refractivity (Wildman–Crippen MR) is 94.1 cm³/mol. The van der Waals surface area contributed by atoms with Crippen molar-refractivity contribution in [3.05, 3.63) is 18.1 Å². The molecule has 0 unspecified atom stereocenters. The molecule has 2 aliphatic heterocycles. The molecule has 2 N–H and O–H groups in total. The summed E-state index contributed by atoms with van der Waals surface area (Å²) in [6, 6.07) is 1.58. The van der Waals surface area contributed by atoms with E-state index in [1.165, 1.54) is 0 Å². The zero-order valence-corrected chi connectivity index (χ0v) is 14.7. The van der Waals surface area contributed by atoms with Gasteiger partial charge < -0.3 is 20.4 Å². The number of nitrogens with zero attached hydrogens (tertiary/aromatic N) is 5. The van der Waals surface area contributed by atoms with Gasteiger partial charge in [0.1, 0.15) is 12.1 Å². The first-order chi connectivity index (χ1) is 12.1. The monoisotopic (exact) mass is 346 g/mol. The lowest BCUT2D eigenvalue weighted by Crippen LogP contribution is -2.53. The zero-order valence-electron chi connectivity index (χ0n) is 14.7. The van der Waals surface area contributed by atoms with E-state index in [9.17, 15) is 9.59 Å². The predicted octanol–water partition coefficient (Wildman–Crippen LogP) is 0.478. The minimum absolute atomic E-state index is 0.126. The number of hydrogen-bond donors (Lipinski definition) is 1. The molecule has 1 atom stereocenters. The molecule has 0 spiro atoms. The number of urea groups is 1. The van der Waals surface area contributed by atoms with E-state index in [1.807, 2.05) is 11.0 Å². The van der Waals surface area contributed by atoms with Gasteiger partial charge in [0.05, 0.1) is 5.92 Å². The molecular formula is C17H26N6O2. The number of aromatic nitrogens is 2. The van der Waals surface area contributed by atoms with Crippen molar-refractivity contribution >= 4 is 17.8 Å². The molecule has 25 heavy (non-hydrogen) atoms. The number of carbonyl (C=O) groups is 2. The average Bonchev–Trinajstić information content (AvgIpc) is 2.67. The van der Waals surface area contributed by atoms with Gasteiger partial charge in [-0.2, -0.15) is 0 Å². The third kappa shape index (κ3) is 4.00. The molecule has 0 saturated carbocycles. The number of piperidine rings is 1. The van der Waals surface area contributed by atoms with Crippen LogP contribution in [0, 0.1) is 5.92 Å². The number of aryl methyl sites for hydroxylation is 1. The van der Waals surface area contributed by atoms with Crippen LogP contribution < -0.4 is 10.6 Å². The molecule has 0 aromatic carbocycles. The molecule has 2 aliphatic rings. The summed E-state index contributed by atoms with van der Waals surface area (Å²) in [5.41, 5.74) is 6.38. The second-order valence-electron chi connectivity index (χ2n) is 6.66. The molecular weight excluding hydrogens is 320 g/mol. The van der Waals surface area contributed by atoms with Crippen molar-refractivity contribution in [3.63, 3.8) is 0 Å². The molecule has 136 valence electrons. The van der Waals surface area contributed by atoms with Crippen LogP contribution in [0.1, 0.15) is 25.5 Å².